The molecule has 0 atom stereocenters. The molecule has 4 nitrogen and oxygen atoms in total. The highest BCUT2D eigenvalue weighted by atomic mass is 35.5. The Balaban J connectivity index is 1.49. The molecular weight excluding hydrogens is 346 g/mol. The van der Waals surface area contributed by atoms with Crippen LogP contribution in [0.5, 0.6) is 0 Å². The van der Waals surface area contributed by atoms with E-state index in [9.17, 15) is 4.79 Å². The Bertz CT molecular complexity index is 737. The van der Waals surface area contributed by atoms with Crippen LogP contribution in [0.15, 0.2) is 48.5 Å². The van der Waals surface area contributed by atoms with Gasteiger partial charge in [-0.3, -0.25) is 9.69 Å². The number of nitrogens with one attached hydrogen (secondary N) is 1. The number of carbonyl (C=O) groups excluding carboxylic acids is 1. The van der Waals surface area contributed by atoms with Crippen LogP contribution in [-0.2, 0) is 6.54 Å². The summed E-state index contributed by atoms with van der Waals surface area (Å²) in [6.45, 7) is 2.92. The van der Waals surface area contributed by atoms with Crippen molar-refractivity contribution >= 4 is 23.2 Å². The highest BCUT2D eigenvalue weighted by Gasteiger charge is 2.21. The first-order chi connectivity index (χ1) is 12.5. The molecule has 1 N–H and O–H groups in total. The van der Waals surface area contributed by atoms with Gasteiger partial charge in [0, 0.05) is 56.0 Å². The maximum Gasteiger partial charge on any atom is 0.251 e. The van der Waals surface area contributed by atoms with Crippen molar-refractivity contribution in [2.24, 2.45) is 0 Å². The Morgan fingerprint density at radius 2 is 1.85 bits per heavy atom. The molecule has 138 valence electrons. The summed E-state index contributed by atoms with van der Waals surface area (Å²) in [7, 11) is 3.96. The van der Waals surface area contributed by atoms with Gasteiger partial charge in [-0.15, -0.1) is 0 Å². The summed E-state index contributed by atoms with van der Waals surface area (Å²) in [5, 5.41) is 3.96. The normalized spacial score (nSPS) is 15.7. The maximum atomic E-state index is 12.5. The topological polar surface area (TPSA) is 35.6 Å². The van der Waals surface area contributed by atoms with E-state index in [1.165, 1.54) is 5.56 Å². The highest BCUT2D eigenvalue weighted by Crippen LogP contribution is 2.17. The molecule has 1 aliphatic rings. The summed E-state index contributed by atoms with van der Waals surface area (Å²) in [5.41, 5.74) is 3.03. The van der Waals surface area contributed by atoms with E-state index < -0.39 is 0 Å². The fraction of sp³-hybridized carbons (Fsp3) is 0.381. The van der Waals surface area contributed by atoms with Crippen molar-refractivity contribution < 1.29 is 4.79 Å². The SMILES string of the molecule is CN(C)c1cccc(C(=O)NC2CCN(Cc3ccc(Cl)cc3)CC2)c1. The third kappa shape index (κ3) is 4.99. The number of likely N-dealkylation sites (tertiary alicyclic amines) is 1. The van der Waals surface area contributed by atoms with Gasteiger partial charge < -0.3 is 10.2 Å². The molecule has 0 radical (unpaired) electrons. The van der Waals surface area contributed by atoms with Crippen molar-refractivity contribution in [3.63, 3.8) is 0 Å². The number of hydrogen-bond donors (Lipinski definition) is 1. The molecule has 0 aromatic heterocycles. The second-order valence-electron chi connectivity index (χ2n) is 7.10. The molecule has 0 aliphatic carbocycles. The van der Waals surface area contributed by atoms with Gasteiger partial charge >= 0.3 is 0 Å². The van der Waals surface area contributed by atoms with Gasteiger partial charge in [-0.1, -0.05) is 29.8 Å². The van der Waals surface area contributed by atoms with Crippen LogP contribution in [0.1, 0.15) is 28.8 Å². The molecule has 26 heavy (non-hydrogen) atoms. The second kappa shape index (κ2) is 8.56. The van der Waals surface area contributed by atoms with E-state index in [1.807, 2.05) is 55.4 Å². The van der Waals surface area contributed by atoms with Crippen molar-refractivity contribution in [1.82, 2.24) is 10.2 Å². The van der Waals surface area contributed by atoms with Gasteiger partial charge in [-0.05, 0) is 48.7 Å². The third-order valence-electron chi connectivity index (χ3n) is 4.87. The Hall–Kier alpha value is -2.04. The van der Waals surface area contributed by atoms with Gasteiger partial charge in [0.2, 0.25) is 0 Å². The van der Waals surface area contributed by atoms with E-state index in [-0.39, 0.29) is 11.9 Å². The monoisotopic (exact) mass is 371 g/mol. The van der Waals surface area contributed by atoms with Crippen LogP contribution in [0, 0.1) is 0 Å². The van der Waals surface area contributed by atoms with Gasteiger partial charge in [-0.2, -0.15) is 0 Å². The minimum Gasteiger partial charge on any atom is -0.378 e. The molecule has 0 saturated carbocycles. The largest absolute Gasteiger partial charge is 0.378 e. The number of hydrogen-bond acceptors (Lipinski definition) is 3. The first kappa shape index (κ1) is 18.7. The lowest BCUT2D eigenvalue weighted by atomic mass is 10.0. The van der Waals surface area contributed by atoms with Gasteiger partial charge in [0.15, 0.2) is 0 Å². The number of amides is 1. The average Bonchev–Trinajstić information content (AvgIpc) is 2.65. The van der Waals surface area contributed by atoms with Crippen molar-refractivity contribution in [2.45, 2.75) is 25.4 Å². The Labute approximate surface area is 160 Å². The van der Waals surface area contributed by atoms with E-state index in [0.29, 0.717) is 0 Å². The van der Waals surface area contributed by atoms with Crippen molar-refractivity contribution in [2.75, 3.05) is 32.1 Å². The van der Waals surface area contributed by atoms with E-state index in [4.69, 9.17) is 11.6 Å². The molecule has 3 rings (SSSR count). The van der Waals surface area contributed by atoms with Crippen LogP contribution in [0.25, 0.3) is 0 Å². The molecule has 0 unspecified atom stereocenters. The molecule has 1 amide bonds. The summed E-state index contributed by atoms with van der Waals surface area (Å²) in [6.07, 6.45) is 1.96. The average molecular weight is 372 g/mol. The third-order valence-corrected chi connectivity index (χ3v) is 5.12. The van der Waals surface area contributed by atoms with Gasteiger partial charge in [-0.25, -0.2) is 0 Å². The Morgan fingerprint density at radius 1 is 1.15 bits per heavy atom. The highest BCUT2D eigenvalue weighted by molar-refractivity contribution is 6.30. The first-order valence-electron chi connectivity index (χ1n) is 9.06. The van der Waals surface area contributed by atoms with E-state index in [1.54, 1.807) is 0 Å². The molecule has 0 bridgehead atoms. The number of rotatable bonds is 5. The first-order valence-corrected chi connectivity index (χ1v) is 9.44. The molecule has 1 heterocycles. The molecule has 1 aliphatic heterocycles. The lowest BCUT2D eigenvalue weighted by Crippen LogP contribution is -2.44. The Morgan fingerprint density at radius 3 is 2.50 bits per heavy atom. The Kier molecular flexibility index (Phi) is 6.17. The minimum absolute atomic E-state index is 0.0184. The number of carbonyl (C=O) groups is 1. The second-order valence-corrected chi connectivity index (χ2v) is 7.53. The van der Waals surface area contributed by atoms with Crippen LogP contribution in [0.4, 0.5) is 5.69 Å². The number of halogens is 1. The van der Waals surface area contributed by atoms with Crippen LogP contribution >= 0.6 is 11.6 Å². The predicted molar refractivity (Wildman–Crippen MR) is 108 cm³/mol. The van der Waals surface area contributed by atoms with E-state index in [2.05, 4.69) is 22.3 Å². The van der Waals surface area contributed by atoms with Crippen LogP contribution in [-0.4, -0.2) is 44.0 Å². The lowest BCUT2D eigenvalue weighted by molar-refractivity contribution is 0.0909. The minimum atomic E-state index is 0.0184. The molecule has 0 spiro atoms. The molecule has 2 aromatic carbocycles. The lowest BCUT2D eigenvalue weighted by Gasteiger charge is -2.32. The molecular formula is C21H26ClN3O. The van der Waals surface area contributed by atoms with E-state index in [0.717, 1.165) is 48.7 Å². The summed E-state index contributed by atoms with van der Waals surface area (Å²) in [4.78, 5) is 17.0. The van der Waals surface area contributed by atoms with Crippen LogP contribution < -0.4 is 10.2 Å². The molecule has 1 fully saturated rings. The zero-order chi connectivity index (χ0) is 18.5. The fourth-order valence-corrected chi connectivity index (χ4v) is 3.40. The molecule has 1 saturated heterocycles. The number of benzene rings is 2. The fourth-order valence-electron chi connectivity index (χ4n) is 3.28. The van der Waals surface area contributed by atoms with Gasteiger partial charge in [0.25, 0.3) is 5.91 Å². The number of anilines is 1. The summed E-state index contributed by atoms with van der Waals surface area (Å²) >= 11 is 5.94. The number of nitrogens with zero attached hydrogens (tertiary/aromatic N) is 2. The van der Waals surface area contributed by atoms with Crippen LogP contribution in [0.2, 0.25) is 5.02 Å². The maximum absolute atomic E-state index is 12.5. The smallest absolute Gasteiger partial charge is 0.251 e. The van der Waals surface area contributed by atoms with Crippen LogP contribution in [0.3, 0.4) is 0 Å². The van der Waals surface area contributed by atoms with Crippen molar-refractivity contribution in [3.05, 3.63) is 64.7 Å². The van der Waals surface area contributed by atoms with Gasteiger partial charge in [0.1, 0.15) is 0 Å². The van der Waals surface area contributed by atoms with Gasteiger partial charge in [0.05, 0.1) is 0 Å². The molecule has 5 heteroatoms. The predicted octanol–water partition coefficient (Wildman–Crippen LogP) is 3.80. The van der Waals surface area contributed by atoms with Crippen molar-refractivity contribution in [3.8, 4) is 0 Å². The van der Waals surface area contributed by atoms with E-state index >= 15 is 0 Å². The summed E-state index contributed by atoms with van der Waals surface area (Å²) in [6, 6.07) is 16.0. The molecule has 2 aromatic rings. The number of piperidine rings is 1. The summed E-state index contributed by atoms with van der Waals surface area (Å²) < 4.78 is 0. The van der Waals surface area contributed by atoms with Crippen molar-refractivity contribution in [1.29, 1.82) is 0 Å². The standard InChI is InChI=1S/C21H26ClN3O/c1-24(2)20-5-3-4-17(14-20)21(26)23-19-10-12-25(13-11-19)15-16-6-8-18(22)9-7-16/h3-9,14,19H,10-13,15H2,1-2H3,(H,23,26). The zero-order valence-corrected chi connectivity index (χ0v) is 16.2. The quantitative estimate of drug-likeness (QED) is 0.868. The summed E-state index contributed by atoms with van der Waals surface area (Å²) in [5.74, 6) is 0.0184. The zero-order valence-electron chi connectivity index (χ0n) is 15.4.